The molecule has 0 aliphatic carbocycles. The van der Waals surface area contributed by atoms with E-state index in [9.17, 15) is 9.90 Å². The normalized spacial score (nSPS) is 21.2. The predicted molar refractivity (Wildman–Crippen MR) is 62.2 cm³/mol. The molecule has 1 fully saturated rings. The highest BCUT2D eigenvalue weighted by atomic mass is 16.3. The summed E-state index contributed by atoms with van der Waals surface area (Å²) in [5, 5.41) is 9.39. The zero-order chi connectivity index (χ0) is 11.5. The highest BCUT2D eigenvalue weighted by molar-refractivity contribution is 5.94. The van der Waals surface area contributed by atoms with E-state index >= 15 is 0 Å². The van der Waals surface area contributed by atoms with E-state index in [0.717, 1.165) is 12.1 Å². The molecule has 0 saturated carbocycles. The Kier molecular flexibility index (Phi) is 3.10. The lowest BCUT2D eigenvalue weighted by molar-refractivity contribution is -0.120. The molecule has 0 spiro atoms. The maximum Gasteiger partial charge on any atom is 0.227 e. The second-order valence-corrected chi connectivity index (χ2v) is 4.16. The van der Waals surface area contributed by atoms with Gasteiger partial charge in [0.15, 0.2) is 0 Å². The highest BCUT2D eigenvalue weighted by Gasteiger charge is 2.25. The van der Waals surface area contributed by atoms with Gasteiger partial charge in [-0.2, -0.15) is 0 Å². The van der Waals surface area contributed by atoms with E-state index in [0.29, 0.717) is 25.4 Å². The number of nitrogens with zero attached hydrogens (tertiary/aromatic N) is 1. The maximum absolute atomic E-state index is 11.8. The van der Waals surface area contributed by atoms with E-state index in [1.54, 1.807) is 23.1 Å². The first-order chi connectivity index (χ1) is 7.70. The van der Waals surface area contributed by atoms with Gasteiger partial charge >= 0.3 is 0 Å². The minimum Gasteiger partial charge on any atom is -0.508 e. The molecule has 0 radical (unpaired) electrons. The summed E-state index contributed by atoms with van der Waals surface area (Å²) in [6.07, 6.45) is 1.40. The van der Waals surface area contributed by atoms with Crippen molar-refractivity contribution >= 4 is 11.6 Å². The lowest BCUT2D eigenvalue weighted by atomic mass is 9.97. The third kappa shape index (κ3) is 2.17. The van der Waals surface area contributed by atoms with E-state index in [2.05, 4.69) is 0 Å². The number of anilines is 1. The number of benzene rings is 1. The Labute approximate surface area is 94.7 Å². The predicted octanol–water partition coefficient (Wildman–Crippen LogP) is 1.09. The smallest absolute Gasteiger partial charge is 0.227 e. The van der Waals surface area contributed by atoms with Crippen molar-refractivity contribution in [2.24, 2.45) is 11.7 Å². The van der Waals surface area contributed by atoms with Gasteiger partial charge in [0.05, 0.1) is 0 Å². The van der Waals surface area contributed by atoms with Crippen molar-refractivity contribution in [2.45, 2.75) is 12.8 Å². The number of phenolic OH excluding ortho intramolecular Hbond substituents is 1. The Hall–Kier alpha value is -1.55. The molecule has 1 heterocycles. The summed E-state index contributed by atoms with van der Waals surface area (Å²) in [6, 6.07) is 6.77. The summed E-state index contributed by atoms with van der Waals surface area (Å²) in [7, 11) is 0. The maximum atomic E-state index is 11.8. The fraction of sp³-hybridized carbons (Fsp3) is 0.417. The van der Waals surface area contributed by atoms with Crippen LogP contribution in [0.3, 0.4) is 0 Å². The van der Waals surface area contributed by atoms with Gasteiger partial charge < -0.3 is 15.7 Å². The van der Waals surface area contributed by atoms with Crippen LogP contribution in [-0.4, -0.2) is 24.1 Å². The standard InChI is InChI=1S/C12H16N2O2/c13-7-9-4-5-12(16)14(8-9)10-2-1-3-11(15)6-10/h1-3,6,9,15H,4-5,7-8,13H2. The second-order valence-electron chi connectivity index (χ2n) is 4.16. The fourth-order valence-corrected chi connectivity index (χ4v) is 2.02. The van der Waals surface area contributed by atoms with Gasteiger partial charge in [-0.3, -0.25) is 4.79 Å². The van der Waals surface area contributed by atoms with E-state index in [4.69, 9.17) is 5.73 Å². The average molecular weight is 220 g/mol. The van der Waals surface area contributed by atoms with Crippen molar-refractivity contribution in [3.05, 3.63) is 24.3 Å². The molecule has 16 heavy (non-hydrogen) atoms. The van der Waals surface area contributed by atoms with Crippen LogP contribution in [0.1, 0.15) is 12.8 Å². The minimum atomic E-state index is 0.107. The Morgan fingerprint density at radius 1 is 1.50 bits per heavy atom. The lowest BCUT2D eigenvalue weighted by Gasteiger charge is -2.32. The number of carbonyl (C=O) groups excluding carboxylic acids is 1. The Bertz CT molecular complexity index is 392. The largest absolute Gasteiger partial charge is 0.508 e. The van der Waals surface area contributed by atoms with Gasteiger partial charge in [0.2, 0.25) is 5.91 Å². The summed E-state index contributed by atoms with van der Waals surface area (Å²) >= 11 is 0. The van der Waals surface area contributed by atoms with Gasteiger partial charge in [0, 0.05) is 24.7 Å². The van der Waals surface area contributed by atoms with Crippen LogP contribution >= 0.6 is 0 Å². The number of phenols is 1. The summed E-state index contributed by atoms with van der Waals surface area (Å²) in [5.74, 6) is 0.649. The Balaban J connectivity index is 2.21. The number of amides is 1. The molecule has 1 unspecified atom stereocenters. The fourth-order valence-electron chi connectivity index (χ4n) is 2.02. The highest BCUT2D eigenvalue weighted by Crippen LogP contribution is 2.26. The Morgan fingerprint density at radius 2 is 2.31 bits per heavy atom. The molecule has 4 nitrogen and oxygen atoms in total. The van der Waals surface area contributed by atoms with Crippen LogP contribution in [0.15, 0.2) is 24.3 Å². The zero-order valence-electron chi connectivity index (χ0n) is 9.10. The van der Waals surface area contributed by atoms with E-state index in [1.807, 2.05) is 6.07 Å². The van der Waals surface area contributed by atoms with Crippen LogP contribution in [0.25, 0.3) is 0 Å². The van der Waals surface area contributed by atoms with Crippen molar-refractivity contribution < 1.29 is 9.90 Å². The summed E-state index contributed by atoms with van der Waals surface area (Å²) in [5.41, 5.74) is 6.38. The molecule has 1 aromatic carbocycles. The zero-order valence-corrected chi connectivity index (χ0v) is 9.10. The quantitative estimate of drug-likeness (QED) is 0.784. The van der Waals surface area contributed by atoms with Crippen molar-refractivity contribution in [3.8, 4) is 5.75 Å². The van der Waals surface area contributed by atoms with Crippen LogP contribution < -0.4 is 10.6 Å². The van der Waals surface area contributed by atoms with Crippen LogP contribution in [0.4, 0.5) is 5.69 Å². The molecule has 2 rings (SSSR count). The molecule has 86 valence electrons. The number of carbonyl (C=O) groups is 1. The van der Waals surface area contributed by atoms with E-state index in [-0.39, 0.29) is 11.7 Å². The number of hydrogen-bond acceptors (Lipinski definition) is 3. The van der Waals surface area contributed by atoms with E-state index < -0.39 is 0 Å². The summed E-state index contributed by atoms with van der Waals surface area (Å²) < 4.78 is 0. The molecular weight excluding hydrogens is 204 g/mol. The van der Waals surface area contributed by atoms with E-state index in [1.165, 1.54) is 0 Å². The number of rotatable bonds is 2. The first-order valence-electron chi connectivity index (χ1n) is 5.50. The number of nitrogens with two attached hydrogens (primary N) is 1. The number of aromatic hydroxyl groups is 1. The molecule has 1 aromatic rings. The van der Waals surface area contributed by atoms with Crippen LogP contribution in [0.2, 0.25) is 0 Å². The van der Waals surface area contributed by atoms with Crippen LogP contribution in [0, 0.1) is 5.92 Å². The monoisotopic (exact) mass is 220 g/mol. The molecule has 1 atom stereocenters. The SMILES string of the molecule is NCC1CCC(=O)N(c2cccc(O)c2)C1. The summed E-state index contributed by atoms with van der Waals surface area (Å²) in [4.78, 5) is 13.5. The number of hydrogen-bond donors (Lipinski definition) is 2. The number of piperidine rings is 1. The molecule has 4 heteroatoms. The minimum absolute atomic E-state index is 0.107. The van der Waals surface area contributed by atoms with Gasteiger partial charge in [0.25, 0.3) is 0 Å². The van der Waals surface area contributed by atoms with Crippen LogP contribution in [0.5, 0.6) is 5.75 Å². The second kappa shape index (κ2) is 4.53. The van der Waals surface area contributed by atoms with Gasteiger partial charge in [0.1, 0.15) is 5.75 Å². The van der Waals surface area contributed by atoms with Crippen molar-refractivity contribution in [1.82, 2.24) is 0 Å². The van der Waals surface area contributed by atoms with Gasteiger partial charge in [-0.05, 0) is 31.0 Å². The van der Waals surface area contributed by atoms with Crippen molar-refractivity contribution in [1.29, 1.82) is 0 Å². The van der Waals surface area contributed by atoms with Crippen molar-refractivity contribution in [3.63, 3.8) is 0 Å². The molecule has 1 aliphatic rings. The summed E-state index contributed by atoms with van der Waals surface area (Å²) in [6.45, 7) is 1.25. The molecule has 1 amide bonds. The third-order valence-corrected chi connectivity index (χ3v) is 2.98. The van der Waals surface area contributed by atoms with Crippen LogP contribution in [-0.2, 0) is 4.79 Å². The van der Waals surface area contributed by atoms with Gasteiger partial charge in [-0.1, -0.05) is 6.07 Å². The molecular formula is C12H16N2O2. The molecule has 0 bridgehead atoms. The lowest BCUT2D eigenvalue weighted by Crippen LogP contribution is -2.42. The Morgan fingerprint density at radius 3 is 3.00 bits per heavy atom. The van der Waals surface area contributed by atoms with Gasteiger partial charge in [-0.25, -0.2) is 0 Å². The third-order valence-electron chi connectivity index (χ3n) is 2.98. The average Bonchev–Trinajstić information content (AvgIpc) is 2.30. The molecule has 1 saturated heterocycles. The molecule has 0 aromatic heterocycles. The molecule has 1 aliphatic heterocycles. The topological polar surface area (TPSA) is 66.6 Å². The first-order valence-corrected chi connectivity index (χ1v) is 5.50. The first kappa shape index (κ1) is 11.0. The molecule has 3 N–H and O–H groups in total. The van der Waals surface area contributed by atoms with Crippen molar-refractivity contribution in [2.75, 3.05) is 18.0 Å². The van der Waals surface area contributed by atoms with Gasteiger partial charge in [-0.15, -0.1) is 0 Å².